The molecule has 0 bridgehead atoms. The van der Waals surface area contributed by atoms with Gasteiger partial charge >= 0.3 is 11.9 Å². The minimum absolute atomic E-state index is 0.0791. The summed E-state index contributed by atoms with van der Waals surface area (Å²) in [6.45, 7) is 9.04. The number of Topliss-reactive ketones (excluding diaryl/α,β-unsaturated/α-hetero) is 1. The van der Waals surface area contributed by atoms with Crippen molar-refractivity contribution in [1.82, 2.24) is 15.6 Å². The number of amides is 2. The van der Waals surface area contributed by atoms with Gasteiger partial charge in [-0.15, -0.1) is 0 Å². The number of aromatic nitrogens is 1. The third-order valence-corrected chi connectivity index (χ3v) is 9.78. The van der Waals surface area contributed by atoms with Crippen molar-refractivity contribution in [2.24, 2.45) is 23.7 Å². The molecular weight excluding hydrogens is 678 g/mol. The summed E-state index contributed by atoms with van der Waals surface area (Å²) in [6.07, 6.45) is 2.33. The number of methoxy groups -OCH3 is 2. The molecule has 4 rings (SSSR count). The quantitative estimate of drug-likeness (QED) is 0.134. The summed E-state index contributed by atoms with van der Waals surface area (Å²) in [5.41, 5.74) is 2.20. The molecular formula is C41H51N3O9. The van der Waals surface area contributed by atoms with Gasteiger partial charge in [0.05, 0.1) is 37.3 Å². The van der Waals surface area contributed by atoms with Crippen molar-refractivity contribution < 1.29 is 43.3 Å². The fourth-order valence-corrected chi connectivity index (χ4v) is 6.66. The number of ether oxygens (including phenoxy) is 3. The van der Waals surface area contributed by atoms with Crippen molar-refractivity contribution in [3.8, 4) is 22.8 Å². The molecule has 284 valence electrons. The van der Waals surface area contributed by atoms with Gasteiger partial charge in [-0.05, 0) is 42.9 Å². The largest absolute Gasteiger partial charge is 0.497 e. The molecule has 2 aromatic carbocycles. The lowest BCUT2D eigenvalue weighted by molar-refractivity contribution is -0.147. The van der Waals surface area contributed by atoms with E-state index in [9.17, 15) is 29.1 Å². The van der Waals surface area contributed by atoms with Gasteiger partial charge in [0.1, 0.15) is 35.5 Å². The Bertz CT molecular complexity index is 1820. The Morgan fingerprint density at radius 1 is 0.943 bits per heavy atom. The van der Waals surface area contributed by atoms with Gasteiger partial charge in [0.15, 0.2) is 0 Å². The van der Waals surface area contributed by atoms with Crippen LogP contribution in [0.15, 0.2) is 66.2 Å². The molecule has 12 nitrogen and oxygen atoms in total. The minimum atomic E-state index is -1.09. The maximum atomic E-state index is 14.1. The van der Waals surface area contributed by atoms with Gasteiger partial charge in [-0.1, -0.05) is 71.4 Å². The van der Waals surface area contributed by atoms with Gasteiger partial charge in [0, 0.05) is 41.5 Å². The number of carboxylic acid groups (broad SMARTS) is 1. The second kappa shape index (κ2) is 18.5. The van der Waals surface area contributed by atoms with Crippen molar-refractivity contribution in [1.29, 1.82) is 0 Å². The highest BCUT2D eigenvalue weighted by Gasteiger charge is 2.40. The first-order valence-electron chi connectivity index (χ1n) is 18.2. The Kier molecular flexibility index (Phi) is 14.1. The van der Waals surface area contributed by atoms with Crippen LogP contribution < -0.4 is 20.1 Å². The predicted octanol–water partition coefficient (Wildman–Crippen LogP) is 5.91. The Morgan fingerprint density at radius 3 is 2.26 bits per heavy atom. The van der Waals surface area contributed by atoms with E-state index in [1.165, 1.54) is 7.11 Å². The number of hydrogen-bond acceptors (Lipinski definition) is 9. The first-order valence-corrected chi connectivity index (χ1v) is 18.2. The Balaban J connectivity index is 1.69. The third kappa shape index (κ3) is 10.00. The molecule has 53 heavy (non-hydrogen) atoms. The smallest absolute Gasteiger partial charge is 0.328 e. The number of rotatable bonds is 18. The SMILES string of the molecule is CCCC(C)[C@@H](NC(=O)[C@H](NC(=O)C1=C[C@@H](Oc2cc(-c3ccccc3)nc3cc(OC)ccc23)C[C@@H]1C(=O)C[C@@H](CC)C(=O)O)C(C)C)C(=O)OC. The Hall–Kier alpha value is -5.26. The van der Waals surface area contributed by atoms with Crippen LogP contribution in [-0.4, -0.2) is 72.0 Å². The normalized spacial score (nSPS) is 17.6. The van der Waals surface area contributed by atoms with Crippen LogP contribution in [0.5, 0.6) is 11.5 Å². The second-order valence-corrected chi connectivity index (χ2v) is 13.9. The first-order chi connectivity index (χ1) is 25.3. The lowest BCUT2D eigenvalue weighted by Gasteiger charge is -2.28. The molecule has 0 spiro atoms. The predicted molar refractivity (Wildman–Crippen MR) is 200 cm³/mol. The highest BCUT2D eigenvalue weighted by Crippen LogP contribution is 2.37. The van der Waals surface area contributed by atoms with Crippen molar-refractivity contribution in [2.45, 2.75) is 84.9 Å². The number of ketones is 1. The van der Waals surface area contributed by atoms with Crippen molar-refractivity contribution >= 4 is 40.4 Å². The number of nitrogens with zero attached hydrogens (tertiary/aromatic N) is 1. The number of hydrogen-bond donors (Lipinski definition) is 3. The average molecular weight is 730 g/mol. The van der Waals surface area contributed by atoms with E-state index in [-0.39, 0.29) is 30.8 Å². The van der Waals surface area contributed by atoms with Gasteiger partial charge in [0.25, 0.3) is 0 Å². The lowest BCUT2D eigenvalue weighted by Crippen LogP contribution is -2.55. The molecule has 1 aliphatic carbocycles. The molecule has 12 heteroatoms. The molecule has 1 unspecified atom stereocenters. The number of fused-ring (bicyclic) bond motifs is 1. The number of nitrogens with one attached hydrogen (secondary N) is 2. The lowest BCUT2D eigenvalue weighted by atomic mass is 9.88. The van der Waals surface area contributed by atoms with Gasteiger partial charge in [-0.2, -0.15) is 0 Å². The van der Waals surface area contributed by atoms with Gasteiger partial charge in [-0.25, -0.2) is 9.78 Å². The van der Waals surface area contributed by atoms with E-state index in [4.69, 9.17) is 19.2 Å². The molecule has 0 saturated heterocycles. The number of aliphatic carboxylic acids is 1. The zero-order valence-electron chi connectivity index (χ0n) is 31.5. The number of esters is 1. The summed E-state index contributed by atoms with van der Waals surface area (Å²) in [5, 5.41) is 16.0. The number of carbonyl (C=O) groups is 5. The molecule has 3 aromatic rings. The number of carboxylic acids is 1. The monoisotopic (exact) mass is 729 g/mol. The van der Waals surface area contributed by atoms with E-state index in [1.54, 1.807) is 52.2 Å². The van der Waals surface area contributed by atoms with E-state index >= 15 is 0 Å². The number of carbonyl (C=O) groups excluding carboxylic acids is 4. The molecule has 1 aromatic heterocycles. The van der Waals surface area contributed by atoms with Crippen molar-refractivity contribution in [3.05, 3.63) is 66.2 Å². The Morgan fingerprint density at radius 2 is 1.66 bits per heavy atom. The summed E-state index contributed by atoms with van der Waals surface area (Å²) in [7, 11) is 2.82. The topological polar surface area (TPSA) is 170 Å². The van der Waals surface area contributed by atoms with Gasteiger partial charge in [-0.3, -0.25) is 19.2 Å². The number of benzene rings is 2. The highest BCUT2D eigenvalue weighted by atomic mass is 16.5. The van der Waals surface area contributed by atoms with Crippen molar-refractivity contribution in [3.63, 3.8) is 0 Å². The van der Waals surface area contributed by atoms with E-state index in [1.807, 2.05) is 50.2 Å². The molecule has 3 N–H and O–H groups in total. The van der Waals surface area contributed by atoms with Gasteiger partial charge < -0.3 is 30.0 Å². The fourth-order valence-electron chi connectivity index (χ4n) is 6.66. The van der Waals surface area contributed by atoms with Gasteiger partial charge in [0.2, 0.25) is 11.8 Å². The maximum Gasteiger partial charge on any atom is 0.328 e. The van der Waals surface area contributed by atoms with Crippen molar-refractivity contribution in [2.75, 3.05) is 14.2 Å². The van der Waals surface area contributed by atoms with E-state index in [0.29, 0.717) is 34.5 Å². The van der Waals surface area contributed by atoms with Crippen LogP contribution in [0.2, 0.25) is 0 Å². The summed E-state index contributed by atoms with van der Waals surface area (Å²) >= 11 is 0. The van der Waals surface area contributed by atoms with Crippen LogP contribution >= 0.6 is 0 Å². The summed E-state index contributed by atoms with van der Waals surface area (Å²) in [6, 6.07) is 14.8. The molecule has 2 amide bonds. The standard InChI is InChI=1S/C41H51N3O9/c1-8-13-24(5)37(41(50)52-7)44-39(47)36(23(3)4)43-38(46)31-20-28(19-30(31)34(45)18-25(9-2)40(48)49)53-35-22-32(26-14-11-10-12-15-26)42-33-21-27(51-6)16-17-29(33)35/h10-12,14-17,20-25,28,30,36-37H,8-9,13,18-19H2,1-7H3,(H,43,46)(H,44,47)(H,48,49)/t24?,25-,28+,30+,36-,37-/m1/s1. The zero-order chi connectivity index (χ0) is 38.8. The molecule has 6 atom stereocenters. The average Bonchev–Trinajstić information content (AvgIpc) is 3.58. The molecule has 0 fully saturated rings. The van der Waals surface area contributed by atoms with Crippen LogP contribution in [-0.2, 0) is 28.7 Å². The van der Waals surface area contributed by atoms with Crippen LogP contribution in [0.4, 0.5) is 0 Å². The molecule has 0 radical (unpaired) electrons. The highest BCUT2D eigenvalue weighted by molar-refractivity contribution is 6.04. The second-order valence-electron chi connectivity index (χ2n) is 13.9. The minimum Gasteiger partial charge on any atom is -0.497 e. The number of pyridine rings is 1. The zero-order valence-corrected chi connectivity index (χ0v) is 31.5. The fraction of sp³-hybridized carbons (Fsp3) is 0.463. The molecule has 1 aliphatic rings. The third-order valence-electron chi connectivity index (χ3n) is 9.78. The molecule has 0 saturated carbocycles. The van der Waals surface area contributed by atoms with Crippen LogP contribution in [0.1, 0.15) is 66.7 Å². The van der Waals surface area contributed by atoms with E-state index < -0.39 is 65.5 Å². The van der Waals surface area contributed by atoms with E-state index in [2.05, 4.69) is 10.6 Å². The first kappa shape index (κ1) is 40.5. The molecule has 0 aliphatic heterocycles. The van der Waals surface area contributed by atoms with Crippen LogP contribution in [0, 0.1) is 23.7 Å². The summed E-state index contributed by atoms with van der Waals surface area (Å²) in [4.78, 5) is 70.9. The summed E-state index contributed by atoms with van der Waals surface area (Å²) < 4.78 is 17.0. The van der Waals surface area contributed by atoms with E-state index in [0.717, 1.165) is 12.0 Å². The Labute approximate surface area is 310 Å². The van der Waals surface area contributed by atoms with Crippen LogP contribution in [0.25, 0.3) is 22.2 Å². The maximum absolute atomic E-state index is 14.1. The molecule has 1 heterocycles. The summed E-state index contributed by atoms with van der Waals surface area (Å²) in [5.74, 6) is -4.75. The van der Waals surface area contributed by atoms with Crippen LogP contribution in [0.3, 0.4) is 0 Å².